The molecule has 1 aromatic carbocycles. The average Bonchev–Trinajstić information content (AvgIpc) is 3.34. The van der Waals surface area contributed by atoms with Crippen LogP contribution in [0, 0.1) is 5.92 Å². The van der Waals surface area contributed by atoms with E-state index in [2.05, 4.69) is 38.7 Å². The Hall–Kier alpha value is -3.03. The molecule has 1 atom stereocenters. The van der Waals surface area contributed by atoms with Crippen LogP contribution in [0.2, 0.25) is 0 Å². The molecule has 1 saturated heterocycles. The highest BCUT2D eigenvalue weighted by atomic mass is 16.3. The third kappa shape index (κ3) is 5.97. The molecular formula is C21H30N6O2. The number of aromatic nitrogens is 2. The number of carbonyl (C=O) groups excluding carboxylic acids is 1. The number of amides is 1. The van der Waals surface area contributed by atoms with Gasteiger partial charge in [0, 0.05) is 45.0 Å². The van der Waals surface area contributed by atoms with Gasteiger partial charge < -0.3 is 20.6 Å². The third-order valence-electron chi connectivity index (χ3n) is 4.99. The Kier molecular flexibility index (Phi) is 7.10. The zero-order chi connectivity index (χ0) is 20.6. The standard InChI is InChI=1S/C21H30N6O2/c1-3-22-21(24-10-9-23-20(29)18-4-6-19(28)7-5-18)27-11-8-16(15-27)12-17-13-25-26(2)14-17/h4-7,13-14,16,28H,3,8-12,15H2,1-2H3,(H,22,24)(H,23,29). The van der Waals surface area contributed by atoms with Crippen molar-refractivity contribution in [3.8, 4) is 5.75 Å². The molecule has 2 heterocycles. The molecule has 1 aromatic heterocycles. The molecule has 0 aliphatic carbocycles. The molecule has 1 aliphatic rings. The van der Waals surface area contributed by atoms with Crippen LogP contribution in [-0.4, -0.2) is 64.4 Å². The van der Waals surface area contributed by atoms with Crippen LogP contribution < -0.4 is 10.6 Å². The van der Waals surface area contributed by atoms with Gasteiger partial charge in [0.05, 0.1) is 12.7 Å². The molecule has 8 nitrogen and oxygen atoms in total. The van der Waals surface area contributed by atoms with E-state index in [4.69, 9.17) is 0 Å². The first-order valence-electron chi connectivity index (χ1n) is 10.1. The fourth-order valence-electron chi connectivity index (χ4n) is 3.57. The number of phenols is 1. The Morgan fingerprint density at radius 2 is 2.10 bits per heavy atom. The van der Waals surface area contributed by atoms with Crippen LogP contribution in [0.5, 0.6) is 5.75 Å². The van der Waals surface area contributed by atoms with Crippen LogP contribution in [-0.2, 0) is 13.5 Å². The molecule has 1 amide bonds. The summed E-state index contributed by atoms with van der Waals surface area (Å²) in [6.45, 7) is 5.79. The molecule has 156 valence electrons. The molecule has 1 unspecified atom stereocenters. The summed E-state index contributed by atoms with van der Waals surface area (Å²) >= 11 is 0. The Balaban J connectivity index is 1.48. The normalized spacial score (nSPS) is 16.8. The largest absolute Gasteiger partial charge is 0.508 e. The maximum Gasteiger partial charge on any atom is 0.251 e. The van der Waals surface area contributed by atoms with Gasteiger partial charge in [-0.05, 0) is 55.5 Å². The molecule has 0 bridgehead atoms. The van der Waals surface area contributed by atoms with Crippen LogP contribution in [0.1, 0.15) is 29.3 Å². The SMILES string of the molecule is CCNC(=NCCNC(=O)c1ccc(O)cc1)N1CCC(Cc2cnn(C)c2)C1. The lowest BCUT2D eigenvalue weighted by molar-refractivity contribution is 0.0955. The summed E-state index contributed by atoms with van der Waals surface area (Å²) in [5.74, 6) is 1.48. The van der Waals surface area contributed by atoms with Gasteiger partial charge in [-0.3, -0.25) is 14.5 Å². The number of aryl methyl sites for hydroxylation is 1. The monoisotopic (exact) mass is 398 g/mol. The summed E-state index contributed by atoms with van der Waals surface area (Å²) in [4.78, 5) is 19.1. The number of nitrogens with zero attached hydrogens (tertiary/aromatic N) is 4. The first-order valence-corrected chi connectivity index (χ1v) is 10.1. The molecule has 0 radical (unpaired) electrons. The van der Waals surface area contributed by atoms with Crippen molar-refractivity contribution >= 4 is 11.9 Å². The van der Waals surface area contributed by atoms with Crippen molar-refractivity contribution in [3.05, 3.63) is 47.8 Å². The topological polar surface area (TPSA) is 94.8 Å². The van der Waals surface area contributed by atoms with E-state index in [1.54, 1.807) is 12.1 Å². The van der Waals surface area contributed by atoms with E-state index in [1.165, 1.54) is 17.7 Å². The highest BCUT2D eigenvalue weighted by Gasteiger charge is 2.25. The van der Waals surface area contributed by atoms with E-state index < -0.39 is 0 Å². The van der Waals surface area contributed by atoms with Crippen molar-refractivity contribution in [2.75, 3.05) is 32.7 Å². The van der Waals surface area contributed by atoms with Crippen LogP contribution in [0.25, 0.3) is 0 Å². The van der Waals surface area contributed by atoms with Crippen molar-refractivity contribution in [2.24, 2.45) is 18.0 Å². The Morgan fingerprint density at radius 1 is 1.31 bits per heavy atom. The van der Waals surface area contributed by atoms with E-state index >= 15 is 0 Å². The number of benzene rings is 1. The maximum atomic E-state index is 12.1. The van der Waals surface area contributed by atoms with Crippen molar-refractivity contribution in [3.63, 3.8) is 0 Å². The van der Waals surface area contributed by atoms with E-state index in [-0.39, 0.29) is 11.7 Å². The lowest BCUT2D eigenvalue weighted by Gasteiger charge is -2.21. The lowest BCUT2D eigenvalue weighted by atomic mass is 10.0. The number of aromatic hydroxyl groups is 1. The molecule has 3 N–H and O–H groups in total. The number of rotatable bonds is 7. The summed E-state index contributed by atoms with van der Waals surface area (Å²) in [5.41, 5.74) is 1.80. The van der Waals surface area contributed by atoms with Gasteiger partial charge in [0.2, 0.25) is 0 Å². The molecule has 0 spiro atoms. The average molecular weight is 399 g/mol. The molecule has 29 heavy (non-hydrogen) atoms. The number of hydrogen-bond donors (Lipinski definition) is 3. The maximum absolute atomic E-state index is 12.1. The molecule has 1 aliphatic heterocycles. The van der Waals surface area contributed by atoms with E-state index in [0.29, 0.717) is 24.6 Å². The fraction of sp³-hybridized carbons (Fsp3) is 0.476. The van der Waals surface area contributed by atoms with Crippen molar-refractivity contribution in [2.45, 2.75) is 19.8 Å². The minimum Gasteiger partial charge on any atom is -0.508 e. The van der Waals surface area contributed by atoms with Gasteiger partial charge in [0.1, 0.15) is 5.75 Å². The molecule has 1 fully saturated rings. The second-order valence-electron chi connectivity index (χ2n) is 7.37. The predicted molar refractivity (Wildman–Crippen MR) is 113 cm³/mol. The molecular weight excluding hydrogens is 368 g/mol. The van der Waals surface area contributed by atoms with Crippen LogP contribution in [0.15, 0.2) is 41.7 Å². The first kappa shape index (κ1) is 20.7. The molecule has 0 saturated carbocycles. The Morgan fingerprint density at radius 3 is 2.79 bits per heavy atom. The minimum absolute atomic E-state index is 0.147. The number of aliphatic imine (C=N–C) groups is 1. The zero-order valence-corrected chi connectivity index (χ0v) is 17.1. The molecule has 3 rings (SSSR count). The van der Waals surface area contributed by atoms with Crippen LogP contribution in [0.3, 0.4) is 0 Å². The van der Waals surface area contributed by atoms with Crippen molar-refractivity contribution in [1.29, 1.82) is 0 Å². The quantitative estimate of drug-likeness (QED) is 0.372. The Bertz CT molecular complexity index is 830. The Labute approximate surface area is 171 Å². The molecule has 2 aromatic rings. The van der Waals surface area contributed by atoms with Gasteiger partial charge in [-0.1, -0.05) is 0 Å². The predicted octanol–water partition coefficient (Wildman–Crippen LogP) is 1.39. The van der Waals surface area contributed by atoms with E-state index in [1.807, 2.05) is 17.9 Å². The van der Waals surface area contributed by atoms with Gasteiger partial charge in [0.25, 0.3) is 5.91 Å². The van der Waals surface area contributed by atoms with Gasteiger partial charge >= 0.3 is 0 Å². The van der Waals surface area contributed by atoms with E-state index in [9.17, 15) is 9.90 Å². The lowest BCUT2D eigenvalue weighted by Crippen LogP contribution is -2.40. The van der Waals surface area contributed by atoms with Crippen LogP contribution in [0.4, 0.5) is 0 Å². The van der Waals surface area contributed by atoms with Gasteiger partial charge in [-0.25, -0.2) is 0 Å². The smallest absolute Gasteiger partial charge is 0.251 e. The minimum atomic E-state index is -0.164. The van der Waals surface area contributed by atoms with Gasteiger partial charge in [-0.15, -0.1) is 0 Å². The third-order valence-corrected chi connectivity index (χ3v) is 4.99. The zero-order valence-electron chi connectivity index (χ0n) is 17.1. The van der Waals surface area contributed by atoms with E-state index in [0.717, 1.165) is 38.4 Å². The van der Waals surface area contributed by atoms with Crippen LogP contribution >= 0.6 is 0 Å². The number of phenolic OH excluding ortho intramolecular Hbond substituents is 1. The number of nitrogens with one attached hydrogen (secondary N) is 2. The summed E-state index contributed by atoms with van der Waals surface area (Å²) in [6, 6.07) is 6.21. The van der Waals surface area contributed by atoms with Gasteiger partial charge in [0.15, 0.2) is 5.96 Å². The second kappa shape index (κ2) is 9.95. The summed E-state index contributed by atoms with van der Waals surface area (Å²) in [5, 5.41) is 19.8. The number of hydrogen-bond acceptors (Lipinski definition) is 4. The summed E-state index contributed by atoms with van der Waals surface area (Å²) in [6.07, 6.45) is 6.20. The number of likely N-dealkylation sites (tertiary alicyclic amines) is 1. The second-order valence-corrected chi connectivity index (χ2v) is 7.37. The highest BCUT2D eigenvalue weighted by Crippen LogP contribution is 2.20. The summed E-state index contributed by atoms with van der Waals surface area (Å²) < 4.78 is 1.85. The first-order chi connectivity index (χ1) is 14.0. The fourth-order valence-corrected chi connectivity index (χ4v) is 3.57. The van der Waals surface area contributed by atoms with Crippen molar-refractivity contribution < 1.29 is 9.90 Å². The number of guanidine groups is 1. The number of carbonyl (C=O) groups is 1. The molecule has 8 heteroatoms. The van der Waals surface area contributed by atoms with Gasteiger partial charge in [-0.2, -0.15) is 5.10 Å². The summed E-state index contributed by atoms with van der Waals surface area (Å²) in [7, 11) is 1.95. The van der Waals surface area contributed by atoms with Crippen molar-refractivity contribution in [1.82, 2.24) is 25.3 Å². The highest BCUT2D eigenvalue weighted by molar-refractivity contribution is 5.94.